The number of nitrogen functional groups attached to an aromatic ring is 1. The predicted molar refractivity (Wildman–Crippen MR) is 79.8 cm³/mol. The van der Waals surface area contributed by atoms with Crippen molar-refractivity contribution >= 4 is 33.8 Å². The quantitative estimate of drug-likeness (QED) is 0.727. The van der Waals surface area contributed by atoms with Gasteiger partial charge in [-0.1, -0.05) is 0 Å². The van der Waals surface area contributed by atoms with E-state index < -0.39 is 10.8 Å². The third-order valence-electron chi connectivity index (χ3n) is 3.06. The van der Waals surface area contributed by atoms with Crippen LogP contribution in [0.1, 0.15) is 18.9 Å². The topological polar surface area (TPSA) is 84.2 Å². The fraction of sp³-hybridized carbons (Fsp3) is 0.462. The molecule has 1 aromatic rings. The number of carbonyl (C=O) groups excluding carboxylic acids is 1. The lowest BCUT2D eigenvalue weighted by Gasteiger charge is -2.21. The maximum atomic E-state index is 11.4. The second kappa shape index (κ2) is 5.61. The van der Waals surface area contributed by atoms with Crippen LogP contribution in [0.25, 0.3) is 0 Å². The maximum absolute atomic E-state index is 11.4. The number of rotatable bonds is 4. The van der Waals surface area contributed by atoms with Crippen LogP contribution in [0.3, 0.4) is 0 Å². The van der Waals surface area contributed by atoms with Gasteiger partial charge in [0, 0.05) is 41.0 Å². The Labute approximate surface area is 115 Å². The van der Waals surface area contributed by atoms with Gasteiger partial charge in [-0.3, -0.25) is 9.00 Å². The van der Waals surface area contributed by atoms with Crippen molar-refractivity contribution in [2.45, 2.75) is 25.8 Å². The van der Waals surface area contributed by atoms with Crippen molar-refractivity contribution in [3.63, 3.8) is 0 Å². The van der Waals surface area contributed by atoms with Gasteiger partial charge in [0.1, 0.15) is 0 Å². The zero-order chi connectivity index (χ0) is 14.0. The Morgan fingerprint density at radius 3 is 2.89 bits per heavy atom. The summed E-state index contributed by atoms with van der Waals surface area (Å²) in [6.07, 6.45) is 2.90. The van der Waals surface area contributed by atoms with Crippen LogP contribution in [-0.2, 0) is 22.0 Å². The van der Waals surface area contributed by atoms with Crippen LogP contribution >= 0.6 is 0 Å². The van der Waals surface area contributed by atoms with E-state index >= 15 is 0 Å². The number of carbonyl (C=O) groups is 1. The first-order valence-corrected chi connectivity index (χ1v) is 7.97. The number of anilines is 3. The Bertz CT molecular complexity index is 531. The number of aryl methyl sites for hydroxylation is 1. The van der Waals surface area contributed by atoms with Crippen molar-refractivity contribution < 1.29 is 9.00 Å². The Balaban J connectivity index is 2.19. The summed E-state index contributed by atoms with van der Waals surface area (Å²) in [6, 6.07) is 3.81. The van der Waals surface area contributed by atoms with Gasteiger partial charge in [0.2, 0.25) is 5.91 Å². The maximum Gasteiger partial charge on any atom is 0.224 e. The van der Waals surface area contributed by atoms with Gasteiger partial charge >= 0.3 is 0 Å². The SMILES string of the molecule is CC(CS(C)=O)Nc1cc2c(cc1N)CCC(=O)N2. The zero-order valence-corrected chi connectivity index (χ0v) is 12.0. The number of nitrogens with two attached hydrogens (primary N) is 1. The second-order valence-corrected chi connectivity index (χ2v) is 6.41. The van der Waals surface area contributed by atoms with Crippen LogP contribution < -0.4 is 16.4 Å². The molecular formula is C13H19N3O2S. The molecule has 5 nitrogen and oxygen atoms in total. The number of benzene rings is 1. The smallest absolute Gasteiger partial charge is 0.224 e. The van der Waals surface area contributed by atoms with Gasteiger partial charge < -0.3 is 16.4 Å². The van der Waals surface area contributed by atoms with Gasteiger partial charge in [0.15, 0.2) is 0 Å². The Hall–Kier alpha value is -1.56. The highest BCUT2D eigenvalue weighted by Gasteiger charge is 2.17. The van der Waals surface area contributed by atoms with Crippen molar-refractivity contribution in [2.24, 2.45) is 0 Å². The summed E-state index contributed by atoms with van der Waals surface area (Å²) in [4.78, 5) is 11.4. The highest BCUT2D eigenvalue weighted by molar-refractivity contribution is 7.84. The molecule has 2 atom stereocenters. The van der Waals surface area contributed by atoms with Crippen LogP contribution in [0, 0.1) is 0 Å². The molecule has 4 N–H and O–H groups in total. The van der Waals surface area contributed by atoms with Crippen LogP contribution in [-0.4, -0.2) is 28.2 Å². The Morgan fingerprint density at radius 1 is 1.47 bits per heavy atom. The van der Waals surface area contributed by atoms with E-state index in [9.17, 15) is 9.00 Å². The average molecular weight is 281 g/mol. The van der Waals surface area contributed by atoms with Gasteiger partial charge in [-0.15, -0.1) is 0 Å². The molecule has 19 heavy (non-hydrogen) atoms. The molecule has 0 saturated heterocycles. The van der Waals surface area contributed by atoms with Crippen molar-refractivity contribution in [3.05, 3.63) is 17.7 Å². The summed E-state index contributed by atoms with van der Waals surface area (Å²) >= 11 is 0. The van der Waals surface area contributed by atoms with Gasteiger partial charge in [0.05, 0.1) is 11.4 Å². The fourth-order valence-corrected chi connectivity index (χ4v) is 3.02. The number of nitrogens with one attached hydrogen (secondary N) is 2. The van der Waals surface area contributed by atoms with Gasteiger partial charge in [-0.2, -0.15) is 0 Å². The third kappa shape index (κ3) is 3.47. The van der Waals surface area contributed by atoms with E-state index in [0.29, 0.717) is 17.9 Å². The number of amides is 1. The minimum Gasteiger partial charge on any atom is -0.397 e. The van der Waals surface area contributed by atoms with Crippen molar-refractivity contribution in [1.82, 2.24) is 0 Å². The molecule has 1 aliphatic rings. The number of fused-ring (bicyclic) bond motifs is 1. The van der Waals surface area contributed by atoms with Crippen molar-refractivity contribution in [3.8, 4) is 0 Å². The molecule has 0 bridgehead atoms. The summed E-state index contributed by atoms with van der Waals surface area (Å²) in [6.45, 7) is 1.96. The molecule has 0 aliphatic carbocycles. The lowest BCUT2D eigenvalue weighted by molar-refractivity contribution is -0.116. The molecule has 0 spiro atoms. The third-order valence-corrected chi connectivity index (χ3v) is 4.03. The molecule has 0 aromatic heterocycles. The molecular weight excluding hydrogens is 262 g/mol. The predicted octanol–water partition coefficient (Wildman–Crippen LogP) is 1.33. The summed E-state index contributed by atoms with van der Waals surface area (Å²) in [7, 11) is -0.857. The molecule has 0 fully saturated rings. The standard InChI is InChI=1S/C13H19N3O2S/c1-8(7-19(2)18)15-12-6-11-9(5-10(12)14)3-4-13(17)16-11/h5-6,8,15H,3-4,7,14H2,1-2H3,(H,16,17). The highest BCUT2D eigenvalue weighted by atomic mass is 32.2. The number of hydrogen-bond acceptors (Lipinski definition) is 4. The van der Waals surface area contributed by atoms with E-state index in [0.717, 1.165) is 23.4 Å². The minimum atomic E-state index is -0.857. The van der Waals surface area contributed by atoms with Gasteiger partial charge in [-0.25, -0.2) is 0 Å². The molecule has 2 rings (SSSR count). The highest BCUT2D eigenvalue weighted by Crippen LogP contribution is 2.31. The lowest BCUT2D eigenvalue weighted by Crippen LogP contribution is -2.24. The minimum absolute atomic E-state index is 0.0333. The fourth-order valence-electron chi connectivity index (χ4n) is 2.23. The molecule has 1 heterocycles. The number of hydrogen-bond donors (Lipinski definition) is 3. The van der Waals surface area contributed by atoms with Crippen LogP contribution in [0.4, 0.5) is 17.1 Å². The molecule has 104 valence electrons. The summed E-state index contributed by atoms with van der Waals surface area (Å²) in [5.41, 5.74) is 9.32. The summed E-state index contributed by atoms with van der Waals surface area (Å²) in [5.74, 6) is 0.592. The first kappa shape index (κ1) is 13.9. The van der Waals surface area contributed by atoms with E-state index in [1.165, 1.54) is 0 Å². The van der Waals surface area contributed by atoms with Crippen LogP contribution in [0.5, 0.6) is 0 Å². The Morgan fingerprint density at radius 2 is 2.21 bits per heavy atom. The lowest BCUT2D eigenvalue weighted by atomic mass is 10.0. The molecule has 1 aliphatic heterocycles. The first-order chi connectivity index (χ1) is 8.95. The van der Waals surface area contributed by atoms with E-state index in [1.54, 1.807) is 6.26 Å². The average Bonchev–Trinajstić information content (AvgIpc) is 2.29. The van der Waals surface area contributed by atoms with E-state index in [4.69, 9.17) is 5.73 Å². The second-order valence-electron chi connectivity index (χ2n) is 4.93. The van der Waals surface area contributed by atoms with Crippen LogP contribution in [0.2, 0.25) is 0 Å². The van der Waals surface area contributed by atoms with E-state index in [-0.39, 0.29) is 11.9 Å². The van der Waals surface area contributed by atoms with Crippen molar-refractivity contribution in [2.75, 3.05) is 28.4 Å². The molecule has 6 heteroatoms. The first-order valence-electron chi connectivity index (χ1n) is 6.24. The van der Waals surface area contributed by atoms with E-state index in [2.05, 4.69) is 10.6 Å². The molecule has 1 aromatic carbocycles. The molecule has 0 radical (unpaired) electrons. The summed E-state index contributed by atoms with van der Waals surface area (Å²) in [5, 5.41) is 6.08. The van der Waals surface area contributed by atoms with Gasteiger partial charge in [-0.05, 0) is 31.0 Å². The van der Waals surface area contributed by atoms with Crippen molar-refractivity contribution in [1.29, 1.82) is 0 Å². The van der Waals surface area contributed by atoms with E-state index in [1.807, 2.05) is 19.1 Å². The Kier molecular flexibility index (Phi) is 4.09. The van der Waals surface area contributed by atoms with Crippen LogP contribution in [0.15, 0.2) is 12.1 Å². The normalized spacial score (nSPS) is 17.3. The van der Waals surface area contributed by atoms with Gasteiger partial charge in [0.25, 0.3) is 0 Å². The summed E-state index contributed by atoms with van der Waals surface area (Å²) < 4.78 is 11.2. The molecule has 2 unspecified atom stereocenters. The monoisotopic (exact) mass is 281 g/mol. The largest absolute Gasteiger partial charge is 0.397 e. The molecule has 0 saturated carbocycles. The zero-order valence-electron chi connectivity index (χ0n) is 11.2. The molecule has 1 amide bonds.